The lowest BCUT2D eigenvalue weighted by Crippen LogP contribution is -2.48. The summed E-state index contributed by atoms with van der Waals surface area (Å²) in [5.41, 5.74) is 5.47. The molecule has 2 aromatic rings. The van der Waals surface area contributed by atoms with E-state index in [1.54, 1.807) is 4.57 Å². The quantitative estimate of drug-likeness (QED) is 0.808. The highest BCUT2D eigenvalue weighted by Crippen LogP contribution is 2.41. The van der Waals surface area contributed by atoms with Crippen LogP contribution in [0.1, 0.15) is 54.9 Å². The molecule has 150 valence electrons. The van der Waals surface area contributed by atoms with E-state index in [0.717, 1.165) is 38.5 Å². The van der Waals surface area contributed by atoms with Crippen LogP contribution in [0.2, 0.25) is 0 Å². The molecule has 7 nitrogen and oxygen atoms in total. The van der Waals surface area contributed by atoms with Crippen molar-refractivity contribution in [3.05, 3.63) is 33.9 Å². The first kappa shape index (κ1) is 19.1. The molecule has 2 saturated heterocycles. The molecule has 0 aromatic carbocycles. The summed E-state index contributed by atoms with van der Waals surface area (Å²) >= 11 is 0. The average molecular weight is 409 g/mol. The van der Waals surface area contributed by atoms with Gasteiger partial charge in [-0.05, 0) is 44.6 Å². The molecule has 2 bridgehead atoms. The van der Waals surface area contributed by atoms with E-state index in [-0.39, 0.29) is 53.3 Å². The van der Waals surface area contributed by atoms with Crippen molar-refractivity contribution in [2.24, 2.45) is 5.73 Å². The van der Waals surface area contributed by atoms with E-state index >= 15 is 4.39 Å². The number of carboxylic acids is 1. The van der Waals surface area contributed by atoms with Gasteiger partial charge in [0.1, 0.15) is 11.2 Å². The molecule has 2 aliphatic heterocycles. The molecular formula is C19H22ClFN4O3. The van der Waals surface area contributed by atoms with E-state index in [2.05, 4.69) is 4.98 Å². The Morgan fingerprint density at radius 3 is 2.36 bits per heavy atom. The lowest BCUT2D eigenvalue weighted by molar-refractivity contribution is 0.0695. The number of hydrogen-bond acceptors (Lipinski definition) is 5. The van der Waals surface area contributed by atoms with Gasteiger partial charge >= 0.3 is 5.97 Å². The SMILES string of the molecule is Cl.NC1C[C@H]2CC[C@@H](C1)N2c1nc2c(cc1F)c(=O)c(C(=O)O)cn2C1CC1. The monoisotopic (exact) mass is 408 g/mol. The Balaban J connectivity index is 0.00000192. The van der Waals surface area contributed by atoms with Crippen LogP contribution >= 0.6 is 12.4 Å². The van der Waals surface area contributed by atoms with E-state index in [1.807, 2.05) is 4.90 Å². The minimum absolute atomic E-state index is 0. The molecule has 3 atom stereocenters. The van der Waals surface area contributed by atoms with Gasteiger partial charge in [-0.15, -0.1) is 12.4 Å². The number of rotatable bonds is 3. The van der Waals surface area contributed by atoms with Gasteiger partial charge in [-0.1, -0.05) is 0 Å². The first-order valence-corrected chi connectivity index (χ1v) is 9.46. The largest absolute Gasteiger partial charge is 0.477 e. The predicted octanol–water partition coefficient (Wildman–Crippen LogP) is 2.45. The van der Waals surface area contributed by atoms with Crippen molar-refractivity contribution in [3.63, 3.8) is 0 Å². The molecule has 0 spiro atoms. The van der Waals surface area contributed by atoms with Gasteiger partial charge in [0.25, 0.3) is 0 Å². The summed E-state index contributed by atoms with van der Waals surface area (Å²) in [7, 11) is 0. The van der Waals surface area contributed by atoms with Crippen molar-refractivity contribution >= 4 is 35.2 Å². The first-order chi connectivity index (χ1) is 12.9. The van der Waals surface area contributed by atoms with Crippen molar-refractivity contribution in [2.45, 2.75) is 62.7 Å². The second-order valence-corrected chi connectivity index (χ2v) is 8.00. The van der Waals surface area contributed by atoms with Crippen molar-refractivity contribution in [2.75, 3.05) is 4.90 Å². The van der Waals surface area contributed by atoms with Gasteiger partial charge in [-0.3, -0.25) is 4.79 Å². The van der Waals surface area contributed by atoms with Gasteiger partial charge in [0.15, 0.2) is 11.6 Å². The maximum absolute atomic E-state index is 15.0. The summed E-state index contributed by atoms with van der Waals surface area (Å²) in [6.07, 6.45) is 6.70. The number of nitrogens with two attached hydrogens (primary N) is 1. The molecule has 9 heteroatoms. The van der Waals surface area contributed by atoms with Crippen LogP contribution in [0.15, 0.2) is 17.1 Å². The summed E-state index contributed by atoms with van der Waals surface area (Å²) in [5, 5.41) is 9.37. The van der Waals surface area contributed by atoms with E-state index in [1.165, 1.54) is 12.3 Å². The van der Waals surface area contributed by atoms with E-state index < -0.39 is 17.2 Å². The Morgan fingerprint density at radius 2 is 1.79 bits per heavy atom. The minimum Gasteiger partial charge on any atom is -0.477 e. The van der Waals surface area contributed by atoms with Crippen molar-refractivity contribution < 1.29 is 14.3 Å². The molecule has 0 radical (unpaired) electrons. The van der Waals surface area contributed by atoms with Crippen LogP contribution in [0.5, 0.6) is 0 Å². The highest BCUT2D eigenvalue weighted by molar-refractivity contribution is 5.92. The maximum atomic E-state index is 15.0. The van der Waals surface area contributed by atoms with E-state index in [9.17, 15) is 14.7 Å². The second kappa shape index (κ2) is 6.70. The zero-order valence-corrected chi connectivity index (χ0v) is 16.0. The molecule has 1 unspecified atom stereocenters. The average Bonchev–Trinajstić information content (AvgIpc) is 3.41. The van der Waals surface area contributed by atoms with Crippen LogP contribution in [-0.2, 0) is 0 Å². The number of piperidine rings is 1. The molecule has 28 heavy (non-hydrogen) atoms. The summed E-state index contributed by atoms with van der Waals surface area (Å²) in [4.78, 5) is 30.6. The standard InChI is InChI=1S/C19H21FN4O3.ClH/c20-15-7-13-16(25)14(19(26)27)8-23(10-1-2-10)17(13)22-18(15)24-11-3-4-12(24)6-9(21)5-11;/h7-12H,1-6,21H2,(H,26,27);1H/t9?,11-,12+;. The van der Waals surface area contributed by atoms with E-state index in [4.69, 9.17) is 5.73 Å². The third-order valence-corrected chi connectivity index (χ3v) is 6.12. The van der Waals surface area contributed by atoms with Gasteiger partial charge in [0.2, 0.25) is 5.43 Å². The molecule has 3 N–H and O–H groups in total. The zero-order chi connectivity index (χ0) is 18.9. The molecule has 0 amide bonds. The van der Waals surface area contributed by atoms with Crippen LogP contribution in [0, 0.1) is 5.82 Å². The molecule has 3 aliphatic rings. The Morgan fingerprint density at radius 1 is 1.18 bits per heavy atom. The first-order valence-electron chi connectivity index (χ1n) is 9.46. The molecule has 4 heterocycles. The summed E-state index contributed by atoms with van der Waals surface area (Å²) in [5.74, 6) is -1.61. The number of halogens is 2. The molecule has 5 rings (SSSR count). The van der Waals surface area contributed by atoms with Crippen LogP contribution in [0.4, 0.5) is 10.2 Å². The van der Waals surface area contributed by atoms with Crippen molar-refractivity contribution in [1.29, 1.82) is 0 Å². The fourth-order valence-electron chi connectivity index (χ4n) is 4.77. The Kier molecular flexibility index (Phi) is 4.58. The third-order valence-electron chi connectivity index (χ3n) is 6.12. The van der Waals surface area contributed by atoms with Gasteiger partial charge in [0, 0.05) is 30.4 Å². The zero-order valence-electron chi connectivity index (χ0n) is 15.2. The third kappa shape index (κ3) is 2.86. The molecule has 3 fully saturated rings. The molecule has 1 saturated carbocycles. The lowest BCUT2D eigenvalue weighted by atomic mass is 9.98. The van der Waals surface area contributed by atoms with Crippen molar-refractivity contribution in [1.82, 2.24) is 9.55 Å². The number of carbonyl (C=O) groups is 1. The number of aromatic carboxylic acids is 1. The topological polar surface area (TPSA) is 101 Å². The number of fused-ring (bicyclic) bond motifs is 3. The van der Waals surface area contributed by atoms with Crippen molar-refractivity contribution in [3.8, 4) is 0 Å². The normalized spacial score (nSPS) is 26.4. The fourth-order valence-corrected chi connectivity index (χ4v) is 4.77. The van der Waals surface area contributed by atoms with Gasteiger partial charge in [-0.25, -0.2) is 14.2 Å². The van der Waals surface area contributed by atoms with Crippen LogP contribution in [0.25, 0.3) is 11.0 Å². The fraction of sp³-hybridized carbons (Fsp3) is 0.526. The molecule has 2 aromatic heterocycles. The summed E-state index contributed by atoms with van der Waals surface area (Å²) in [6.45, 7) is 0. The van der Waals surface area contributed by atoms with E-state index in [0.29, 0.717) is 5.65 Å². The lowest BCUT2D eigenvalue weighted by Gasteiger charge is -2.38. The maximum Gasteiger partial charge on any atom is 0.341 e. The summed E-state index contributed by atoms with van der Waals surface area (Å²) < 4.78 is 16.7. The van der Waals surface area contributed by atoms with Gasteiger partial charge < -0.3 is 20.3 Å². The summed E-state index contributed by atoms with van der Waals surface area (Å²) in [6, 6.07) is 1.74. The molecule has 1 aliphatic carbocycles. The van der Waals surface area contributed by atoms with Gasteiger partial charge in [0.05, 0.1) is 5.39 Å². The highest BCUT2D eigenvalue weighted by Gasteiger charge is 2.41. The smallest absolute Gasteiger partial charge is 0.341 e. The van der Waals surface area contributed by atoms with Crippen LogP contribution in [-0.4, -0.2) is 38.8 Å². The minimum atomic E-state index is -1.30. The highest BCUT2D eigenvalue weighted by atomic mass is 35.5. The number of nitrogens with zero attached hydrogens (tertiary/aromatic N) is 3. The van der Waals surface area contributed by atoms with Crippen LogP contribution in [0.3, 0.4) is 0 Å². The predicted molar refractivity (Wildman–Crippen MR) is 105 cm³/mol. The molecular weight excluding hydrogens is 387 g/mol. The number of aromatic nitrogens is 2. The Bertz CT molecular complexity index is 1010. The second-order valence-electron chi connectivity index (χ2n) is 8.00. The Labute approximate surface area is 166 Å². The number of anilines is 1. The Hall–Kier alpha value is -2.19. The number of pyridine rings is 2. The van der Waals surface area contributed by atoms with Crippen LogP contribution < -0.4 is 16.1 Å². The number of hydrogen-bond donors (Lipinski definition) is 2. The number of carboxylic acid groups (broad SMARTS) is 1. The van der Waals surface area contributed by atoms with Gasteiger partial charge in [-0.2, -0.15) is 0 Å².